The van der Waals surface area contributed by atoms with Gasteiger partial charge in [-0.1, -0.05) is 85.8 Å². The predicted molar refractivity (Wildman–Crippen MR) is 210 cm³/mol. The summed E-state index contributed by atoms with van der Waals surface area (Å²) in [5.74, 6) is 1.54. The lowest BCUT2D eigenvalue weighted by Gasteiger charge is -2.43. The number of urea groups is 1. The molecule has 2 amide bonds. The monoisotopic (exact) mass is 727 g/mol. The maximum absolute atomic E-state index is 12.8. The molecule has 0 aromatic heterocycles. The lowest BCUT2D eigenvalue weighted by molar-refractivity contribution is -0.276. The van der Waals surface area contributed by atoms with Crippen LogP contribution in [0.15, 0.2) is 127 Å². The average Bonchev–Trinajstić information content (AvgIpc) is 3.65. The molecule has 2 fully saturated rings. The number of ether oxygens (including phenoxy) is 4. The fraction of sp³-hybridized carbons (Fsp3) is 0.311. The number of hydrogen-bond acceptors (Lipinski definition) is 7. The second-order valence-corrected chi connectivity index (χ2v) is 14.1. The first kappa shape index (κ1) is 37.3. The number of methoxy groups -OCH3 is 1. The molecule has 0 saturated carbocycles. The van der Waals surface area contributed by atoms with Crippen LogP contribution in [0.1, 0.15) is 54.4 Å². The van der Waals surface area contributed by atoms with Gasteiger partial charge in [-0.15, -0.1) is 0 Å². The van der Waals surface area contributed by atoms with E-state index in [2.05, 4.69) is 64.9 Å². The van der Waals surface area contributed by atoms with Crippen LogP contribution in [0, 0.1) is 5.92 Å². The quantitative estimate of drug-likeness (QED) is 0.111. The van der Waals surface area contributed by atoms with Gasteiger partial charge < -0.3 is 34.7 Å². The number of amides is 2. The van der Waals surface area contributed by atoms with Crippen molar-refractivity contribution in [1.82, 2.24) is 10.2 Å². The summed E-state index contributed by atoms with van der Waals surface area (Å²) in [5, 5.41) is 15.5. The molecule has 54 heavy (non-hydrogen) atoms. The van der Waals surface area contributed by atoms with Crippen molar-refractivity contribution in [3.8, 4) is 22.6 Å². The molecule has 0 bridgehead atoms. The Morgan fingerprint density at radius 3 is 2.31 bits per heavy atom. The van der Waals surface area contributed by atoms with Crippen LogP contribution in [-0.4, -0.2) is 55.0 Å². The summed E-state index contributed by atoms with van der Waals surface area (Å²) in [6.07, 6.45) is 1.47. The summed E-state index contributed by atoms with van der Waals surface area (Å²) in [6.45, 7) is 5.12. The number of para-hydroxylation sites is 1. The molecule has 2 heterocycles. The molecular weight excluding hydrogens is 679 g/mol. The Morgan fingerprint density at radius 2 is 1.56 bits per heavy atom. The van der Waals surface area contributed by atoms with Gasteiger partial charge in [-0.2, -0.15) is 0 Å². The summed E-state index contributed by atoms with van der Waals surface area (Å²) in [7, 11) is 1.77. The second-order valence-electron chi connectivity index (χ2n) is 14.1. The zero-order chi connectivity index (χ0) is 37.3. The van der Waals surface area contributed by atoms with E-state index < -0.39 is 6.29 Å². The van der Waals surface area contributed by atoms with Gasteiger partial charge in [0, 0.05) is 43.4 Å². The third-order valence-corrected chi connectivity index (χ3v) is 10.4. The van der Waals surface area contributed by atoms with E-state index in [4.69, 9.17) is 18.9 Å². The number of benzene rings is 5. The molecule has 2 saturated heterocycles. The third-order valence-electron chi connectivity index (χ3n) is 10.4. The molecule has 2 aliphatic heterocycles. The van der Waals surface area contributed by atoms with Crippen LogP contribution in [0.2, 0.25) is 0 Å². The first-order valence-corrected chi connectivity index (χ1v) is 18.8. The SMILES string of the molecule is COCC1CCCN1CC1OC(c2cccc(-c3cccc(CNC(=O)Nc4ccc(Oc5ccccc5)cc4)c3)c2)OC(c2ccc(CO)cc2)C1C. The Balaban J connectivity index is 1.02. The predicted octanol–water partition coefficient (Wildman–Crippen LogP) is 8.86. The number of rotatable bonds is 13. The topological polar surface area (TPSA) is 102 Å². The standard InChI is InChI=1S/C45H49N3O6/c1-31-42(28-48-24-8-13-39(48)30-51-2)53-44(54-43(31)34-18-16-32(29-49)17-19-34)37-12-7-11-36(26-37)35-10-6-9-33(25-35)27-46-45(50)47-38-20-22-41(23-21-38)52-40-14-4-3-5-15-40/h3-7,9-12,14-23,25-26,31,39,42-44,49H,8,13,24,27-30H2,1-2H3,(H2,46,47,50). The van der Waals surface area contributed by atoms with Crippen molar-refractivity contribution in [2.45, 2.75) is 57.5 Å². The van der Waals surface area contributed by atoms with Crippen molar-refractivity contribution in [3.63, 3.8) is 0 Å². The van der Waals surface area contributed by atoms with Crippen molar-refractivity contribution in [2.24, 2.45) is 5.92 Å². The normalized spacial score (nSPS) is 21.4. The Hall–Kier alpha value is -5.03. The minimum Gasteiger partial charge on any atom is -0.457 e. The van der Waals surface area contributed by atoms with Crippen LogP contribution in [0.25, 0.3) is 11.1 Å². The fourth-order valence-electron chi connectivity index (χ4n) is 7.39. The van der Waals surface area contributed by atoms with Gasteiger partial charge in [0.15, 0.2) is 6.29 Å². The Labute approximate surface area is 317 Å². The smallest absolute Gasteiger partial charge is 0.319 e. The Kier molecular flexibility index (Phi) is 12.3. The molecular formula is C45H49N3O6. The molecule has 7 rings (SSSR count). The molecule has 0 radical (unpaired) electrons. The van der Waals surface area contributed by atoms with Gasteiger partial charge >= 0.3 is 6.03 Å². The average molecular weight is 728 g/mol. The molecule has 3 N–H and O–H groups in total. The fourth-order valence-corrected chi connectivity index (χ4v) is 7.39. The van der Waals surface area contributed by atoms with Gasteiger partial charge in [-0.3, -0.25) is 4.90 Å². The van der Waals surface area contributed by atoms with E-state index in [1.54, 1.807) is 7.11 Å². The van der Waals surface area contributed by atoms with E-state index in [0.717, 1.165) is 65.1 Å². The molecule has 0 spiro atoms. The molecule has 0 aliphatic carbocycles. The third kappa shape index (κ3) is 9.36. The molecule has 9 nitrogen and oxygen atoms in total. The van der Waals surface area contributed by atoms with Gasteiger partial charge in [-0.05, 0) is 95.7 Å². The van der Waals surface area contributed by atoms with Crippen molar-refractivity contribution in [3.05, 3.63) is 150 Å². The van der Waals surface area contributed by atoms with Crippen molar-refractivity contribution in [2.75, 3.05) is 32.1 Å². The zero-order valence-corrected chi connectivity index (χ0v) is 30.9. The summed E-state index contributed by atoms with van der Waals surface area (Å²) in [4.78, 5) is 15.3. The molecule has 5 atom stereocenters. The van der Waals surface area contributed by atoms with Crippen LogP contribution in [0.3, 0.4) is 0 Å². The zero-order valence-electron chi connectivity index (χ0n) is 30.9. The van der Waals surface area contributed by atoms with E-state index >= 15 is 0 Å². The number of nitrogens with zero attached hydrogens (tertiary/aromatic N) is 1. The Morgan fingerprint density at radius 1 is 0.815 bits per heavy atom. The van der Waals surface area contributed by atoms with Crippen molar-refractivity contribution < 1.29 is 28.8 Å². The molecule has 5 unspecified atom stereocenters. The molecule has 280 valence electrons. The largest absolute Gasteiger partial charge is 0.457 e. The number of aliphatic hydroxyl groups is 1. The maximum Gasteiger partial charge on any atom is 0.319 e. The van der Waals surface area contributed by atoms with Crippen molar-refractivity contribution in [1.29, 1.82) is 0 Å². The van der Waals surface area contributed by atoms with Crippen LogP contribution in [0.4, 0.5) is 10.5 Å². The van der Waals surface area contributed by atoms with Gasteiger partial charge in [-0.25, -0.2) is 4.79 Å². The van der Waals surface area contributed by atoms with E-state index in [1.165, 1.54) is 0 Å². The minimum atomic E-state index is -0.565. The highest BCUT2D eigenvalue weighted by atomic mass is 16.7. The van der Waals surface area contributed by atoms with Gasteiger partial charge in [0.25, 0.3) is 0 Å². The second kappa shape index (κ2) is 17.9. The number of carbonyl (C=O) groups excluding carboxylic acids is 1. The first-order chi connectivity index (χ1) is 26.4. The van der Waals surface area contributed by atoms with Crippen molar-refractivity contribution >= 4 is 11.7 Å². The van der Waals surface area contributed by atoms with E-state index in [-0.39, 0.29) is 30.8 Å². The van der Waals surface area contributed by atoms with Gasteiger partial charge in [0.1, 0.15) is 11.5 Å². The van der Waals surface area contributed by atoms with E-state index in [9.17, 15) is 9.90 Å². The maximum atomic E-state index is 12.8. The van der Waals surface area contributed by atoms with E-state index in [0.29, 0.717) is 30.6 Å². The highest BCUT2D eigenvalue weighted by Crippen LogP contribution is 2.43. The minimum absolute atomic E-state index is 0.00328. The molecule has 5 aromatic rings. The Bertz CT molecular complexity index is 1960. The van der Waals surface area contributed by atoms with Crippen LogP contribution >= 0.6 is 0 Å². The van der Waals surface area contributed by atoms with Gasteiger partial charge in [0.2, 0.25) is 0 Å². The van der Waals surface area contributed by atoms with Gasteiger partial charge in [0.05, 0.1) is 25.4 Å². The number of hydrogen-bond donors (Lipinski definition) is 3. The molecule has 2 aliphatic rings. The summed E-state index contributed by atoms with van der Waals surface area (Å²) in [5.41, 5.74) is 6.59. The van der Waals surface area contributed by atoms with Crippen LogP contribution in [-0.2, 0) is 27.4 Å². The molecule has 5 aromatic carbocycles. The number of aliphatic hydroxyl groups excluding tert-OH is 1. The van der Waals surface area contributed by atoms with Crippen LogP contribution in [0.5, 0.6) is 11.5 Å². The lowest BCUT2D eigenvalue weighted by Crippen LogP contribution is -2.46. The van der Waals surface area contributed by atoms with E-state index in [1.807, 2.05) is 84.9 Å². The highest BCUT2D eigenvalue weighted by Gasteiger charge is 2.40. The molecule has 9 heteroatoms. The lowest BCUT2D eigenvalue weighted by atomic mass is 9.89. The highest BCUT2D eigenvalue weighted by molar-refractivity contribution is 5.89. The number of anilines is 1. The summed E-state index contributed by atoms with van der Waals surface area (Å²) >= 11 is 0. The number of carbonyl (C=O) groups is 1. The number of nitrogens with one attached hydrogen (secondary N) is 2. The number of likely N-dealkylation sites (tertiary alicyclic amines) is 1. The summed E-state index contributed by atoms with van der Waals surface area (Å²) < 4.78 is 25.0. The summed E-state index contributed by atoms with van der Waals surface area (Å²) in [6, 6.07) is 41.5. The van der Waals surface area contributed by atoms with Crippen LogP contribution < -0.4 is 15.4 Å². The first-order valence-electron chi connectivity index (χ1n) is 18.8.